The molecule has 1 fully saturated rings. The fourth-order valence-corrected chi connectivity index (χ4v) is 6.25. The highest BCUT2D eigenvalue weighted by molar-refractivity contribution is 6.24. The molecule has 5 atom stereocenters. The minimum absolute atomic E-state index is 0.0337. The topological polar surface area (TPSA) is 67.4 Å². The van der Waals surface area contributed by atoms with Crippen molar-refractivity contribution in [3.63, 3.8) is 0 Å². The fourth-order valence-electron chi connectivity index (χ4n) is 5.33. The van der Waals surface area contributed by atoms with E-state index in [1.165, 1.54) is 6.26 Å². The molecule has 31 heavy (non-hydrogen) atoms. The number of hydrogen-bond donors (Lipinski definition) is 2. The Balaban J connectivity index is 1.60. The van der Waals surface area contributed by atoms with E-state index in [0.29, 0.717) is 30.4 Å². The van der Waals surface area contributed by atoms with E-state index in [0.717, 1.165) is 23.5 Å². The van der Waals surface area contributed by atoms with Crippen LogP contribution in [0.25, 0.3) is 0 Å². The van der Waals surface area contributed by atoms with Gasteiger partial charge in [-0.1, -0.05) is 26.0 Å². The predicted molar refractivity (Wildman–Crippen MR) is 122 cm³/mol. The normalized spacial score (nSPS) is 34.2. The van der Waals surface area contributed by atoms with Crippen molar-refractivity contribution in [1.29, 1.82) is 0 Å². The van der Waals surface area contributed by atoms with E-state index in [-0.39, 0.29) is 33.8 Å². The number of Topliss-reactive ketones (excluding diaryl/α,β-unsaturated/α-hetero) is 2. The van der Waals surface area contributed by atoms with Gasteiger partial charge in [-0.05, 0) is 36.8 Å². The molecule has 0 amide bonds. The predicted octanol–water partition coefficient (Wildman–Crippen LogP) is 5.01. The third-order valence-corrected chi connectivity index (χ3v) is 7.53. The molecule has 0 bridgehead atoms. The molecule has 2 aliphatic carbocycles. The average Bonchev–Trinajstić information content (AvgIpc) is 2.84. The molecule has 164 valence electrons. The van der Waals surface area contributed by atoms with Gasteiger partial charge in [0.1, 0.15) is 6.10 Å². The van der Waals surface area contributed by atoms with Crippen LogP contribution in [0.2, 0.25) is 0 Å². The van der Waals surface area contributed by atoms with E-state index in [2.05, 4.69) is 24.5 Å². The van der Waals surface area contributed by atoms with Gasteiger partial charge in [-0.2, -0.15) is 0 Å². The maximum Gasteiger partial charge on any atom is 0.171 e. The van der Waals surface area contributed by atoms with Crippen molar-refractivity contribution in [3.05, 3.63) is 47.4 Å². The molecule has 1 saturated carbocycles. The summed E-state index contributed by atoms with van der Waals surface area (Å²) in [4.78, 5) is 27.0. The first-order valence-corrected chi connectivity index (χ1v) is 11.7. The molecule has 4 aliphatic rings. The number of carbonyl (C=O) groups is 2. The van der Waals surface area contributed by atoms with Crippen LogP contribution in [0.4, 0.5) is 11.4 Å². The second-order valence-electron chi connectivity index (χ2n) is 9.81. The van der Waals surface area contributed by atoms with Gasteiger partial charge in [-0.25, -0.2) is 0 Å². The van der Waals surface area contributed by atoms with E-state index >= 15 is 0 Å². The zero-order valence-electron chi connectivity index (χ0n) is 17.6. The molecule has 5 nitrogen and oxygen atoms in total. The quantitative estimate of drug-likeness (QED) is 0.576. The molecule has 5 rings (SSSR count). The molecule has 0 aromatic heterocycles. The van der Waals surface area contributed by atoms with Gasteiger partial charge in [0.2, 0.25) is 0 Å². The van der Waals surface area contributed by atoms with Crippen LogP contribution in [0.15, 0.2) is 47.4 Å². The SMILES string of the molecule is CC1(C)CC(=O)C2=C(C1)Nc1ccccc1NC2C1=COC2C(Cl)CC(Cl)CC2C1=O. The van der Waals surface area contributed by atoms with Gasteiger partial charge in [-0.3, -0.25) is 9.59 Å². The van der Waals surface area contributed by atoms with Gasteiger partial charge < -0.3 is 15.4 Å². The minimum Gasteiger partial charge on any atom is -0.495 e. The van der Waals surface area contributed by atoms with E-state index in [1.807, 2.05) is 24.3 Å². The Morgan fingerprint density at radius 1 is 1.06 bits per heavy atom. The van der Waals surface area contributed by atoms with Crippen LogP contribution in [0.1, 0.15) is 39.5 Å². The summed E-state index contributed by atoms with van der Waals surface area (Å²) >= 11 is 12.8. The second-order valence-corrected chi connectivity index (χ2v) is 11.0. The van der Waals surface area contributed by atoms with Crippen LogP contribution in [-0.4, -0.2) is 34.5 Å². The van der Waals surface area contributed by atoms with Crippen molar-refractivity contribution in [2.24, 2.45) is 11.3 Å². The highest BCUT2D eigenvalue weighted by Crippen LogP contribution is 2.45. The van der Waals surface area contributed by atoms with Crippen LogP contribution in [0, 0.1) is 11.3 Å². The summed E-state index contributed by atoms with van der Waals surface area (Å²) in [6, 6.07) is 7.23. The third-order valence-electron chi connectivity index (χ3n) is 6.75. The van der Waals surface area contributed by atoms with Crippen LogP contribution in [-0.2, 0) is 14.3 Å². The van der Waals surface area contributed by atoms with Crippen molar-refractivity contribution >= 4 is 46.1 Å². The Hall–Kier alpha value is -1.98. The molecular formula is C24H26Cl2N2O3. The lowest BCUT2D eigenvalue weighted by atomic mass is 9.71. The van der Waals surface area contributed by atoms with Gasteiger partial charge >= 0.3 is 0 Å². The lowest BCUT2D eigenvalue weighted by Gasteiger charge is -2.41. The minimum atomic E-state index is -0.576. The summed E-state index contributed by atoms with van der Waals surface area (Å²) in [6.45, 7) is 4.19. The van der Waals surface area contributed by atoms with E-state index in [4.69, 9.17) is 27.9 Å². The molecule has 7 heteroatoms. The van der Waals surface area contributed by atoms with Gasteiger partial charge in [-0.15, -0.1) is 23.2 Å². The Labute approximate surface area is 192 Å². The number of benzene rings is 1. The number of ether oxygens (including phenoxy) is 1. The van der Waals surface area contributed by atoms with Gasteiger partial charge in [0, 0.05) is 23.1 Å². The summed E-state index contributed by atoms with van der Waals surface area (Å²) in [5.41, 5.74) is 3.55. The molecule has 2 heterocycles. The van der Waals surface area contributed by atoms with E-state index in [1.54, 1.807) is 0 Å². The monoisotopic (exact) mass is 460 g/mol. The lowest BCUT2D eigenvalue weighted by Crippen LogP contribution is -2.49. The summed E-state index contributed by atoms with van der Waals surface area (Å²) in [5, 5.41) is 6.47. The number of halogens is 2. The van der Waals surface area contributed by atoms with Crippen LogP contribution in [0.5, 0.6) is 0 Å². The molecule has 0 saturated heterocycles. The number of ketones is 2. The number of carbonyl (C=O) groups excluding carboxylic acids is 2. The van der Waals surface area contributed by atoms with E-state index < -0.39 is 12.0 Å². The Kier molecular flexibility index (Phi) is 5.10. The standard InChI is InChI=1S/C24H26Cl2N2O3/c1-24(2)9-18-20(19(29)10-24)21(28-17-6-4-3-5-16(17)27-18)14-11-31-23-13(22(14)30)7-12(25)8-15(23)26/h3-6,11-13,15,21,23,27-28H,7-10H2,1-2H3. The molecular weight excluding hydrogens is 435 g/mol. The summed E-state index contributed by atoms with van der Waals surface area (Å²) in [7, 11) is 0. The van der Waals surface area contributed by atoms with Gasteiger partial charge in [0.05, 0.1) is 40.5 Å². The molecule has 2 aliphatic heterocycles. The molecule has 1 aromatic rings. The Bertz CT molecular complexity index is 1020. The van der Waals surface area contributed by atoms with Gasteiger partial charge in [0.15, 0.2) is 11.6 Å². The summed E-state index contributed by atoms with van der Waals surface area (Å²) in [6.07, 6.45) is 3.45. The first-order chi connectivity index (χ1) is 14.7. The highest BCUT2D eigenvalue weighted by Gasteiger charge is 2.48. The number of fused-ring (bicyclic) bond motifs is 2. The van der Waals surface area contributed by atoms with E-state index in [9.17, 15) is 9.59 Å². The number of hydrogen-bond acceptors (Lipinski definition) is 5. The first kappa shape index (κ1) is 20.9. The summed E-state index contributed by atoms with van der Waals surface area (Å²) in [5.74, 6) is -0.381. The van der Waals surface area contributed by atoms with Crippen molar-refractivity contribution in [3.8, 4) is 0 Å². The number of rotatable bonds is 1. The van der Waals surface area contributed by atoms with Crippen molar-refractivity contribution < 1.29 is 14.3 Å². The third kappa shape index (κ3) is 3.66. The Morgan fingerprint density at radius 3 is 2.58 bits per heavy atom. The van der Waals surface area contributed by atoms with Crippen LogP contribution >= 0.6 is 23.2 Å². The maximum atomic E-state index is 13.6. The molecule has 2 N–H and O–H groups in total. The zero-order valence-corrected chi connectivity index (χ0v) is 19.1. The molecule has 5 unspecified atom stereocenters. The summed E-state index contributed by atoms with van der Waals surface area (Å²) < 4.78 is 6.00. The maximum absolute atomic E-state index is 13.6. The second kappa shape index (κ2) is 7.56. The highest BCUT2D eigenvalue weighted by atomic mass is 35.5. The lowest BCUT2D eigenvalue weighted by molar-refractivity contribution is -0.126. The Morgan fingerprint density at radius 2 is 1.81 bits per heavy atom. The number of alkyl halides is 2. The van der Waals surface area contributed by atoms with Crippen molar-refractivity contribution in [1.82, 2.24) is 0 Å². The molecule has 0 spiro atoms. The molecule has 1 aromatic carbocycles. The number of nitrogens with one attached hydrogen (secondary N) is 2. The van der Waals surface area contributed by atoms with Crippen molar-refractivity contribution in [2.45, 2.75) is 62.4 Å². The molecule has 0 radical (unpaired) electrons. The van der Waals surface area contributed by atoms with Crippen LogP contribution < -0.4 is 10.6 Å². The average molecular weight is 461 g/mol. The number of para-hydroxylation sites is 2. The van der Waals surface area contributed by atoms with Crippen LogP contribution in [0.3, 0.4) is 0 Å². The largest absolute Gasteiger partial charge is 0.495 e. The van der Waals surface area contributed by atoms with Crippen molar-refractivity contribution in [2.75, 3.05) is 10.6 Å². The fraction of sp³-hybridized carbons (Fsp3) is 0.500. The number of allylic oxidation sites excluding steroid dienone is 1. The smallest absolute Gasteiger partial charge is 0.171 e. The van der Waals surface area contributed by atoms with Gasteiger partial charge in [0.25, 0.3) is 0 Å². The number of anilines is 2. The first-order valence-electron chi connectivity index (χ1n) is 10.8. The zero-order chi connectivity index (χ0) is 21.9.